The van der Waals surface area contributed by atoms with Gasteiger partial charge in [-0.2, -0.15) is 5.10 Å². The molecule has 1 saturated heterocycles. The Bertz CT molecular complexity index is 482. The summed E-state index contributed by atoms with van der Waals surface area (Å²) in [5.41, 5.74) is 1.70. The Morgan fingerprint density at radius 1 is 1.33 bits per heavy atom. The molecule has 21 heavy (non-hydrogen) atoms. The van der Waals surface area contributed by atoms with E-state index in [1.807, 2.05) is 14.0 Å². The molecule has 2 heterocycles. The van der Waals surface area contributed by atoms with Crippen LogP contribution in [0.15, 0.2) is 0 Å². The number of nitrogens with zero attached hydrogens (tertiary/aromatic N) is 3. The molecule has 2 atom stereocenters. The first-order chi connectivity index (χ1) is 9.90. The number of halogens is 1. The lowest BCUT2D eigenvalue weighted by atomic mass is 9.84. The second-order valence-corrected chi connectivity index (χ2v) is 6.81. The van der Waals surface area contributed by atoms with Gasteiger partial charge < -0.3 is 5.11 Å². The molecule has 1 aromatic rings. The van der Waals surface area contributed by atoms with Crippen molar-refractivity contribution in [2.45, 2.75) is 64.5 Å². The van der Waals surface area contributed by atoms with Crippen molar-refractivity contribution < 1.29 is 5.11 Å². The van der Waals surface area contributed by atoms with E-state index in [0.717, 1.165) is 30.8 Å². The highest BCUT2D eigenvalue weighted by Crippen LogP contribution is 2.31. The van der Waals surface area contributed by atoms with Gasteiger partial charge in [0.15, 0.2) is 0 Å². The number of hydrogen-bond acceptors (Lipinski definition) is 3. The maximum Gasteiger partial charge on any atom is 0.130 e. The molecule has 0 radical (unpaired) electrons. The van der Waals surface area contributed by atoms with Crippen LogP contribution in [-0.4, -0.2) is 44.5 Å². The summed E-state index contributed by atoms with van der Waals surface area (Å²) >= 11 is 6.31. The molecule has 0 aliphatic carbocycles. The van der Waals surface area contributed by atoms with E-state index < -0.39 is 6.10 Å². The number of likely N-dealkylation sites (tertiary alicyclic amines) is 1. The van der Waals surface area contributed by atoms with E-state index in [2.05, 4.69) is 23.8 Å². The highest BCUT2D eigenvalue weighted by molar-refractivity contribution is 6.30. The summed E-state index contributed by atoms with van der Waals surface area (Å²) in [6.07, 6.45) is 4.84. The summed E-state index contributed by atoms with van der Waals surface area (Å²) < 4.78 is 1.68. The zero-order valence-corrected chi connectivity index (χ0v) is 14.4. The molecule has 1 N–H and O–H groups in total. The highest BCUT2D eigenvalue weighted by Gasteiger charge is 2.38. The minimum absolute atomic E-state index is 0.188. The van der Waals surface area contributed by atoms with Crippen molar-refractivity contribution in [1.29, 1.82) is 0 Å². The van der Waals surface area contributed by atoms with Crippen molar-refractivity contribution in [3.63, 3.8) is 0 Å². The van der Waals surface area contributed by atoms with E-state index in [4.69, 9.17) is 11.6 Å². The number of hydrogen-bond donors (Lipinski definition) is 1. The lowest BCUT2D eigenvalue weighted by Gasteiger charge is -2.46. The van der Waals surface area contributed by atoms with Crippen LogP contribution >= 0.6 is 11.6 Å². The van der Waals surface area contributed by atoms with Crippen LogP contribution in [0.2, 0.25) is 5.15 Å². The first-order valence-electron chi connectivity index (χ1n) is 8.01. The van der Waals surface area contributed by atoms with Crippen LogP contribution in [0, 0.1) is 6.92 Å². The topological polar surface area (TPSA) is 41.3 Å². The minimum atomic E-state index is -0.430. The molecule has 5 heteroatoms. The lowest BCUT2D eigenvalue weighted by Crippen LogP contribution is -2.56. The van der Waals surface area contributed by atoms with Gasteiger partial charge in [0.1, 0.15) is 5.15 Å². The fourth-order valence-electron chi connectivity index (χ4n) is 3.39. The van der Waals surface area contributed by atoms with Gasteiger partial charge in [-0.25, -0.2) is 0 Å². The Labute approximate surface area is 133 Å². The maximum absolute atomic E-state index is 10.9. The maximum atomic E-state index is 10.9. The molecule has 2 unspecified atom stereocenters. The quantitative estimate of drug-likeness (QED) is 0.908. The fraction of sp³-hybridized carbons (Fsp3) is 0.812. The predicted molar refractivity (Wildman–Crippen MR) is 86.8 cm³/mol. The van der Waals surface area contributed by atoms with Gasteiger partial charge in [0.05, 0.1) is 11.8 Å². The van der Waals surface area contributed by atoms with Gasteiger partial charge in [-0.3, -0.25) is 9.58 Å². The molecular formula is C16H28ClN3O. The summed E-state index contributed by atoms with van der Waals surface area (Å²) in [5, 5.41) is 15.9. The van der Waals surface area contributed by atoms with Crippen LogP contribution in [-0.2, 0) is 13.5 Å². The van der Waals surface area contributed by atoms with Crippen molar-refractivity contribution in [2.24, 2.45) is 7.05 Å². The standard InChI is InChI=1S/C16H28ClN3O/c1-5-16(3,20-9-7-6-8-10-20)14(21)11-13-12(2)18-19(4)15(13)17/h14,21H,5-11H2,1-4H3. The predicted octanol–water partition coefficient (Wildman–Crippen LogP) is 2.94. The molecule has 0 aromatic carbocycles. The van der Waals surface area contributed by atoms with Crippen molar-refractivity contribution in [2.75, 3.05) is 13.1 Å². The zero-order chi connectivity index (χ0) is 15.6. The molecule has 4 nitrogen and oxygen atoms in total. The summed E-state index contributed by atoms with van der Waals surface area (Å²) in [6, 6.07) is 0. The van der Waals surface area contributed by atoms with Gasteiger partial charge in [0.2, 0.25) is 0 Å². The van der Waals surface area contributed by atoms with E-state index in [0.29, 0.717) is 11.6 Å². The normalized spacial score (nSPS) is 21.2. The monoisotopic (exact) mass is 313 g/mol. The lowest BCUT2D eigenvalue weighted by molar-refractivity contribution is -0.0329. The van der Waals surface area contributed by atoms with Crippen LogP contribution in [0.1, 0.15) is 50.8 Å². The third-order valence-corrected chi connectivity index (χ3v) is 5.65. The van der Waals surface area contributed by atoms with Crippen LogP contribution in [0.25, 0.3) is 0 Å². The Morgan fingerprint density at radius 2 is 1.95 bits per heavy atom. The number of aryl methyl sites for hydroxylation is 2. The van der Waals surface area contributed by atoms with E-state index in [9.17, 15) is 5.11 Å². The molecule has 0 bridgehead atoms. The number of aromatic nitrogens is 2. The minimum Gasteiger partial charge on any atom is -0.391 e. The smallest absolute Gasteiger partial charge is 0.130 e. The number of rotatable bonds is 5. The van der Waals surface area contributed by atoms with Gasteiger partial charge in [-0.15, -0.1) is 0 Å². The van der Waals surface area contributed by atoms with Crippen molar-refractivity contribution in [3.05, 3.63) is 16.4 Å². The fourth-order valence-corrected chi connectivity index (χ4v) is 3.65. The van der Waals surface area contributed by atoms with Gasteiger partial charge >= 0.3 is 0 Å². The van der Waals surface area contributed by atoms with Gasteiger partial charge in [0.25, 0.3) is 0 Å². The molecule has 1 aliphatic heterocycles. The van der Waals surface area contributed by atoms with Gasteiger partial charge in [-0.1, -0.05) is 24.9 Å². The van der Waals surface area contributed by atoms with E-state index in [1.165, 1.54) is 19.3 Å². The van der Waals surface area contributed by atoms with Crippen LogP contribution in [0.5, 0.6) is 0 Å². The third kappa shape index (κ3) is 3.27. The molecule has 1 aromatic heterocycles. The Kier molecular flexibility index (Phi) is 5.33. The average Bonchev–Trinajstić information content (AvgIpc) is 2.73. The first kappa shape index (κ1) is 16.8. The summed E-state index contributed by atoms with van der Waals surface area (Å²) in [4.78, 5) is 2.46. The van der Waals surface area contributed by atoms with E-state index in [1.54, 1.807) is 4.68 Å². The Morgan fingerprint density at radius 3 is 2.43 bits per heavy atom. The molecule has 2 rings (SSSR count). The summed E-state index contributed by atoms with van der Waals surface area (Å²) in [7, 11) is 1.84. The average molecular weight is 314 g/mol. The number of piperidine rings is 1. The first-order valence-corrected chi connectivity index (χ1v) is 8.39. The Hall–Kier alpha value is -0.580. The SMILES string of the molecule is CCC(C)(C(O)Cc1c(C)nn(C)c1Cl)N1CCCCC1. The molecule has 120 valence electrons. The van der Waals surface area contributed by atoms with E-state index >= 15 is 0 Å². The molecule has 1 aliphatic rings. The van der Waals surface area contributed by atoms with Gasteiger partial charge in [0, 0.05) is 24.6 Å². The molecule has 0 amide bonds. The summed E-state index contributed by atoms with van der Waals surface area (Å²) in [6.45, 7) is 8.47. The van der Waals surface area contributed by atoms with Crippen molar-refractivity contribution >= 4 is 11.6 Å². The molecule has 1 fully saturated rings. The second kappa shape index (κ2) is 6.67. The molecule has 0 saturated carbocycles. The largest absolute Gasteiger partial charge is 0.391 e. The zero-order valence-electron chi connectivity index (χ0n) is 13.7. The summed E-state index contributed by atoms with van der Waals surface area (Å²) in [5.74, 6) is 0. The van der Waals surface area contributed by atoms with Crippen LogP contribution < -0.4 is 0 Å². The number of aliphatic hydroxyl groups is 1. The van der Waals surface area contributed by atoms with Crippen molar-refractivity contribution in [1.82, 2.24) is 14.7 Å². The second-order valence-electron chi connectivity index (χ2n) is 6.46. The van der Waals surface area contributed by atoms with Crippen LogP contribution in [0.4, 0.5) is 0 Å². The third-order valence-electron chi connectivity index (χ3n) is 5.18. The van der Waals surface area contributed by atoms with Crippen molar-refractivity contribution in [3.8, 4) is 0 Å². The molecule has 0 spiro atoms. The molecular weight excluding hydrogens is 286 g/mol. The van der Waals surface area contributed by atoms with Crippen LogP contribution in [0.3, 0.4) is 0 Å². The Balaban J connectivity index is 2.17. The number of aliphatic hydroxyl groups excluding tert-OH is 1. The highest BCUT2D eigenvalue weighted by atomic mass is 35.5. The van der Waals surface area contributed by atoms with E-state index in [-0.39, 0.29) is 5.54 Å². The van der Waals surface area contributed by atoms with Gasteiger partial charge in [-0.05, 0) is 46.2 Å².